The summed E-state index contributed by atoms with van der Waals surface area (Å²) in [7, 11) is 0. The zero-order chi connectivity index (χ0) is 8.85. The van der Waals surface area contributed by atoms with E-state index in [1.165, 1.54) is 6.92 Å². The van der Waals surface area contributed by atoms with Gasteiger partial charge in [0.25, 0.3) is 0 Å². The Balaban J connectivity index is 4.29. The zero-order valence-corrected chi connectivity index (χ0v) is 6.46. The fraction of sp³-hybridized carbons (Fsp3) is 0.429. The van der Waals surface area contributed by atoms with Gasteiger partial charge in [0.2, 0.25) is 0 Å². The van der Waals surface area contributed by atoms with Crippen LogP contribution in [0.4, 0.5) is 0 Å². The number of ketones is 1. The van der Waals surface area contributed by atoms with Crippen molar-refractivity contribution < 1.29 is 19.4 Å². The number of Topliss-reactive ketones (excluding diaryl/α,β-unsaturated/α-hetero) is 1. The smallest absolute Gasteiger partial charge is 0.344 e. The molecule has 0 heterocycles. The van der Waals surface area contributed by atoms with Crippen molar-refractivity contribution in [3.8, 4) is 0 Å². The van der Waals surface area contributed by atoms with Gasteiger partial charge in [-0.2, -0.15) is 0 Å². The predicted octanol–water partition coefficient (Wildman–Crippen LogP) is 0.580. The van der Waals surface area contributed by atoms with Crippen molar-refractivity contribution in [1.29, 1.82) is 0 Å². The van der Waals surface area contributed by atoms with Crippen LogP contribution in [0.2, 0.25) is 0 Å². The molecular weight excluding hydrogens is 148 g/mol. The summed E-state index contributed by atoms with van der Waals surface area (Å²) in [5.41, 5.74) is -0.327. The van der Waals surface area contributed by atoms with Gasteiger partial charge in [0.15, 0.2) is 5.78 Å². The third kappa shape index (κ3) is 2.84. The molecule has 0 rings (SSSR count). The van der Waals surface area contributed by atoms with Crippen LogP contribution < -0.4 is 0 Å². The lowest BCUT2D eigenvalue weighted by molar-refractivity contribution is -0.139. The van der Waals surface area contributed by atoms with Gasteiger partial charge in [-0.25, -0.2) is 4.79 Å². The van der Waals surface area contributed by atoms with Crippen molar-refractivity contribution >= 4 is 11.8 Å². The molecule has 0 aliphatic heterocycles. The van der Waals surface area contributed by atoms with Crippen molar-refractivity contribution in [3.05, 3.63) is 11.8 Å². The third-order valence-electron chi connectivity index (χ3n) is 1.00. The number of aliphatic hydroxyl groups excluding tert-OH is 1. The van der Waals surface area contributed by atoms with Crippen LogP contribution in [0.5, 0.6) is 0 Å². The molecule has 0 aromatic heterocycles. The van der Waals surface area contributed by atoms with Crippen molar-refractivity contribution in [3.63, 3.8) is 0 Å². The van der Waals surface area contributed by atoms with Crippen LogP contribution >= 0.6 is 0 Å². The summed E-state index contributed by atoms with van der Waals surface area (Å²) in [5.74, 6) is -1.30. The second-order valence-corrected chi connectivity index (χ2v) is 1.82. The van der Waals surface area contributed by atoms with E-state index in [4.69, 9.17) is 5.11 Å². The number of carbonyl (C=O) groups excluding carboxylic acids is 2. The minimum Gasteiger partial charge on any atom is -0.515 e. The molecule has 0 aromatic rings. The van der Waals surface area contributed by atoms with Crippen molar-refractivity contribution in [2.45, 2.75) is 13.8 Å². The molecule has 0 saturated carbocycles. The summed E-state index contributed by atoms with van der Waals surface area (Å²) in [6.45, 7) is 2.98. The first kappa shape index (κ1) is 9.68. The summed E-state index contributed by atoms with van der Waals surface area (Å²) in [5, 5.41) is 8.41. The Morgan fingerprint density at radius 2 is 2.09 bits per heavy atom. The highest BCUT2D eigenvalue weighted by atomic mass is 16.5. The van der Waals surface area contributed by atoms with Crippen molar-refractivity contribution in [2.24, 2.45) is 0 Å². The van der Waals surface area contributed by atoms with E-state index >= 15 is 0 Å². The Morgan fingerprint density at radius 3 is 2.36 bits per heavy atom. The molecule has 1 N–H and O–H groups in total. The Kier molecular flexibility index (Phi) is 3.95. The maximum atomic E-state index is 10.7. The van der Waals surface area contributed by atoms with Gasteiger partial charge in [-0.05, 0) is 13.8 Å². The summed E-state index contributed by atoms with van der Waals surface area (Å²) in [6, 6.07) is 0. The predicted molar refractivity (Wildman–Crippen MR) is 38.0 cm³/mol. The zero-order valence-electron chi connectivity index (χ0n) is 6.46. The number of hydrogen-bond acceptors (Lipinski definition) is 4. The van der Waals surface area contributed by atoms with E-state index in [1.54, 1.807) is 6.92 Å². The molecule has 0 saturated heterocycles. The number of esters is 1. The largest absolute Gasteiger partial charge is 0.515 e. The average Bonchev–Trinajstić information content (AvgIpc) is 1.88. The summed E-state index contributed by atoms with van der Waals surface area (Å²) in [6.07, 6.45) is 0.459. The number of carbonyl (C=O) groups is 2. The molecule has 0 aliphatic carbocycles. The van der Waals surface area contributed by atoms with E-state index < -0.39 is 11.8 Å². The second kappa shape index (κ2) is 4.49. The van der Waals surface area contributed by atoms with Crippen LogP contribution in [0.3, 0.4) is 0 Å². The van der Waals surface area contributed by atoms with Crippen LogP contribution in [-0.2, 0) is 14.3 Å². The van der Waals surface area contributed by atoms with Gasteiger partial charge in [-0.15, -0.1) is 0 Å². The molecule has 11 heavy (non-hydrogen) atoms. The molecule has 0 radical (unpaired) electrons. The van der Waals surface area contributed by atoms with Crippen LogP contribution in [-0.4, -0.2) is 23.5 Å². The first-order valence-electron chi connectivity index (χ1n) is 3.16. The van der Waals surface area contributed by atoms with Gasteiger partial charge < -0.3 is 9.84 Å². The van der Waals surface area contributed by atoms with E-state index in [1.807, 2.05) is 0 Å². The van der Waals surface area contributed by atoms with Crippen LogP contribution in [0, 0.1) is 0 Å². The topological polar surface area (TPSA) is 63.6 Å². The molecule has 0 aliphatic rings. The quantitative estimate of drug-likeness (QED) is 0.214. The first-order chi connectivity index (χ1) is 5.13. The Labute approximate surface area is 64.5 Å². The highest BCUT2D eigenvalue weighted by molar-refractivity contribution is 6.16. The highest BCUT2D eigenvalue weighted by Crippen LogP contribution is 1.97. The number of hydrogen-bond donors (Lipinski definition) is 1. The molecule has 0 spiro atoms. The van der Waals surface area contributed by atoms with Crippen LogP contribution in [0.15, 0.2) is 11.8 Å². The molecule has 0 atom stereocenters. The highest BCUT2D eigenvalue weighted by Gasteiger charge is 2.14. The molecule has 0 unspecified atom stereocenters. The molecular formula is C7H10O4. The Hall–Kier alpha value is -1.32. The molecule has 4 nitrogen and oxygen atoms in total. The van der Waals surface area contributed by atoms with E-state index in [-0.39, 0.29) is 12.2 Å². The van der Waals surface area contributed by atoms with Crippen LogP contribution in [0.1, 0.15) is 13.8 Å². The standard InChI is InChI=1S/C7H10O4/c1-3-11-7(10)6(4-8)5(2)9/h4,8H,3H2,1-2H3/b6-4+. The lowest BCUT2D eigenvalue weighted by Gasteiger charge is -2.00. The summed E-state index contributed by atoms with van der Waals surface area (Å²) in [4.78, 5) is 21.3. The lowest BCUT2D eigenvalue weighted by atomic mass is 10.2. The summed E-state index contributed by atoms with van der Waals surface area (Å²) >= 11 is 0. The van der Waals surface area contributed by atoms with Gasteiger partial charge in [0.1, 0.15) is 5.57 Å². The molecule has 4 heteroatoms. The van der Waals surface area contributed by atoms with Crippen molar-refractivity contribution in [2.75, 3.05) is 6.61 Å². The first-order valence-corrected chi connectivity index (χ1v) is 3.16. The van der Waals surface area contributed by atoms with E-state index in [0.717, 1.165) is 0 Å². The maximum absolute atomic E-state index is 10.7. The lowest BCUT2D eigenvalue weighted by Crippen LogP contribution is -2.13. The number of aliphatic hydroxyl groups is 1. The molecule has 0 aromatic carbocycles. The molecule has 0 fully saturated rings. The molecule has 0 amide bonds. The molecule has 0 bridgehead atoms. The Bertz CT molecular complexity index is 193. The maximum Gasteiger partial charge on any atom is 0.344 e. The van der Waals surface area contributed by atoms with Gasteiger partial charge in [-0.3, -0.25) is 4.79 Å². The number of ether oxygens (including phenoxy) is 1. The van der Waals surface area contributed by atoms with Gasteiger partial charge >= 0.3 is 5.97 Å². The van der Waals surface area contributed by atoms with E-state index in [9.17, 15) is 9.59 Å². The average molecular weight is 158 g/mol. The fourth-order valence-electron chi connectivity index (χ4n) is 0.496. The number of rotatable bonds is 3. The minimum atomic E-state index is -0.789. The van der Waals surface area contributed by atoms with Gasteiger partial charge in [0.05, 0.1) is 12.9 Å². The van der Waals surface area contributed by atoms with Gasteiger partial charge in [0, 0.05) is 0 Å². The second-order valence-electron chi connectivity index (χ2n) is 1.82. The normalized spacial score (nSPS) is 10.9. The molecule has 62 valence electrons. The van der Waals surface area contributed by atoms with E-state index in [2.05, 4.69) is 4.74 Å². The Morgan fingerprint density at radius 1 is 1.55 bits per heavy atom. The fourth-order valence-corrected chi connectivity index (χ4v) is 0.496. The minimum absolute atomic E-state index is 0.184. The SMILES string of the molecule is CCOC(=O)/C(=C/O)C(C)=O. The van der Waals surface area contributed by atoms with Crippen LogP contribution in [0.25, 0.3) is 0 Å². The summed E-state index contributed by atoms with van der Waals surface area (Å²) < 4.78 is 4.47. The third-order valence-corrected chi connectivity index (χ3v) is 1.00. The van der Waals surface area contributed by atoms with Crippen molar-refractivity contribution in [1.82, 2.24) is 0 Å². The van der Waals surface area contributed by atoms with E-state index in [0.29, 0.717) is 6.26 Å². The monoisotopic (exact) mass is 158 g/mol. The van der Waals surface area contributed by atoms with Gasteiger partial charge in [-0.1, -0.05) is 0 Å².